The molecular formula is C19H16BrClF2N2O2S. The van der Waals surface area contributed by atoms with Crippen LogP contribution in [-0.4, -0.2) is 31.4 Å². The molecule has 0 saturated heterocycles. The minimum Gasteiger partial charge on any atom is -0.490 e. The smallest absolute Gasteiger partial charge is 0.264 e. The van der Waals surface area contributed by atoms with Crippen molar-refractivity contribution in [1.82, 2.24) is 4.72 Å². The van der Waals surface area contributed by atoms with E-state index in [-0.39, 0.29) is 29.0 Å². The molecule has 148 valence electrons. The third kappa shape index (κ3) is 4.61. The van der Waals surface area contributed by atoms with Crippen LogP contribution in [-0.2, 0) is 0 Å². The maximum absolute atomic E-state index is 14.3. The van der Waals surface area contributed by atoms with Crippen molar-refractivity contribution in [2.45, 2.75) is 6.04 Å². The Bertz CT molecular complexity index is 929. The van der Waals surface area contributed by atoms with Crippen LogP contribution in [0.3, 0.4) is 0 Å². The molecular weight excluding hydrogens is 474 g/mol. The number of nitrogens with zero attached hydrogens (tertiary/aromatic N) is 1. The molecule has 1 aliphatic rings. The van der Waals surface area contributed by atoms with Crippen LogP contribution in [0.4, 0.5) is 14.5 Å². The number of hydrogen-bond acceptors (Lipinski definition) is 4. The summed E-state index contributed by atoms with van der Waals surface area (Å²) in [6, 6.07) is 6.96. The Morgan fingerprint density at radius 2 is 2.14 bits per heavy atom. The third-order valence-electron chi connectivity index (χ3n) is 4.17. The number of amides is 1. The van der Waals surface area contributed by atoms with Gasteiger partial charge in [-0.25, -0.2) is 8.78 Å². The minimum absolute atomic E-state index is 0.0491. The fourth-order valence-corrected chi connectivity index (χ4v) is 3.74. The standard InChI is InChI=1S/C19H16BrClF2N2O2S/c1-28-24-19(26)13-8-14(20)18(9-17(13)23)27-10-12-3-2-6-25(12)11-4-5-16(22)15(21)7-11/h2-5,7-9,12H,6,10H2,1H3,(H,24,26). The lowest BCUT2D eigenvalue weighted by Gasteiger charge is -2.27. The Hall–Kier alpha value is -1.77. The number of ether oxygens (including phenoxy) is 1. The summed E-state index contributed by atoms with van der Waals surface area (Å²) in [6.07, 6.45) is 5.61. The van der Waals surface area contributed by atoms with Gasteiger partial charge in [-0.05, 0) is 40.2 Å². The van der Waals surface area contributed by atoms with E-state index in [4.69, 9.17) is 16.3 Å². The van der Waals surface area contributed by atoms with Gasteiger partial charge in [0.2, 0.25) is 0 Å². The molecule has 2 aromatic carbocycles. The maximum atomic E-state index is 14.3. The monoisotopic (exact) mass is 488 g/mol. The Kier molecular flexibility index (Phi) is 6.85. The molecule has 1 heterocycles. The molecule has 3 rings (SSSR count). The average Bonchev–Trinajstić information content (AvgIpc) is 3.13. The number of carbonyl (C=O) groups is 1. The van der Waals surface area contributed by atoms with Crippen LogP contribution in [0.1, 0.15) is 10.4 Å². The molecule has 0 aliphatic carbocycles. The molecule has 4 nitrogen and oxygen atoms in total. The van der Waals surface area contributed by atoms with Gasteiger partial charge in [-0.3, -0.25) is 9.52 Å². The first kappa shape index (κ1) is 21.0. The van der Waals surface area contributed by atoms with E-state index in [1.807, 2.05) is 17.1 Å². The van der Waals surface area contributed by atoms with Crippen LogP contribution in [0.15, 0.2) is 47.0 Å². The lowest BCUT2D eigenvalue weighted by atomic mass is 10.2. The quantitative estimate of drug-likeness (QED) is 0.447. The molecule has 0 spiro atoms. The predicted octanol–water partition coefficient (Wildman–Crippen LogP) is 5.21. The zero-order valence-corrected chi connectivity index (χ0v) is 17.9. The molecule has 0 bridgehead atoms. The van der Waals surface area contributed by atoms with Gasteiger partial charge in [-0.1, -0.05) is 35.7 Å². The number of halogens is 4. The zero-order valence-electron chi connectivity index (χ0n) is 14.7. The number of hydrogen-bond donors (Lipinski definition) is 1. The van der Waals surface area contributed by atoms with Crippen molar-refractivity contribution in [2.75, 3.05) is 24.3 Å². The van der Waals surface area contributed by atoms with Gasteiger partial charge < -0.3 is 9.64 Å². The van der Waals surface area contributed by atoms with Crippen molar-refractivity contribution in [3.8, 4) is 5.75 Å². The van der Waals surface area contributed by atoms with Gasteiger partial charge in [-0.2, -0.15) is 0 Å². The number of benzene rings is 2. The number of nitrogens with one attached hydrogen (secondary N) is 1. The molecule has 1 aliphatic heterocycles. The first-order valence-electron chi connectivity index (χ1n) is 8.24. The molecule has 28 heavy (non-hydrogen) atoms. The van der Waals surface area contributed by atoms with Gasteiger partial charge in [0.15, 0.2) is 0 Å². The summed E-state index contributed by atoms with van der Waals surface area (Å²) < 4.78 is 36.4. The van der Waals surface area contributed by atoms with E-state index in [9.17, 15) is 13.6 Å². The summed E-state index contributed by atoms with van der Waals surface area (Å²) in [4.78, 5) is 13.9. The first-order valence-corrected chi connectivity index (χ1v) is 10.6. The molecule has 1 N–H and O–H groups in total. The van der Waals surface area contributed by atoms with Crippen LogP contribution < -0.4 is 14.4 Å². The molecule has 1 amide bonds. The molecule has 2 aromatic rings. The van der Waals surface area contributed by atoms with E-state index in [1.54, 1.807) is 18.4 Å². The van der Waals surface area contributed by atoms with E-state index >= 15 is 0 Å². The highest BCUT2D eigenvalue weighted by molar-refractivity contribution is 9.10. The third-order valence-corrected chi connectivity index (χ3v) is 5.46. The van der Waals surface area contributed by atoms with Crippen molar-refractivity contribution in [1.29, 1.82) is 0 Å². The van der Waals surface area contributed by atoms with Gasteiger partial charge in [0.1, 0.15) is 24.0 Å². The van der Waals surface area contributed by atoms with Crippen molar-refractivity contribution in [3.05, 3.63) is 69.2 Å². The molecule has 9 heteroatoms. The van der Waals surface area contributed by atoms with Gasteiger partial charge >= 0.3 is 0 Å². The second-order valence-corrected chi connectivity index (χ2v) is 7.83. The Balaban J connectivity index is 1.72. The van der Waals surface area contributed by atoms with E-state index in [0.29, 0.717) is 11.0 Å². The average molecular weight is 490 g/mol. The zero-order chi connectivity index (χ0) is 20.3. The van der Waals surface area contributed by atoms with E-state index in [2.05, 4.69) is 20.7 Å². The largest absolute Gasteiger partial charge is 0.490 e. The number of rotatable bonds is 6. The molecule has 1 atom stereocenters. The van der Waals surface area contributed by atoms with E-state index in [0.717, 1.165) is 17.6 Å². The minimum atomic E-state index is -0.672. The number of carbonyl (C=O) groups excluding carboxylic acids is 1. The Morgan fingerprint density at radius 3 is 2.86 bits per heavy atom. The lowest BCUT2D eigenvalue weighted by molar-refractivity contribution is 0.0980. The summed E-state index contributed by atoms with van der Waals surface area (Å²) in [5.74, 6) is -1.38. The predicted molar refractivity (Wildman–Crippen MR) is 112 cm³/mol. The van der Waals surface area contributed by atoms with Gasteiger partial charge in [-0.15, -0.1) is 0 Å². The second kappa shape index (κ2) is 9.15. The van der Waals surface area contributed by atoms with Crippen LogP contribution in [0.2, 0.25) is 5.02 Å². The van der Waals surface area contributed by atoms with Crippen molar-refractivity contribution in [3.63, 3.8) is 0 Å². The molecule has 0 radical (unpaired) electrons. The second-order valence-electron chi connectivity index (χ2n) is 5.96. The van der Waals surface area contributed by atoms with Gasteiger partial charge in [0.05, 0.1) is 21.1 Å². The summed E-state index contributed by atoms with van der Waals surface area (Å²) in [6.45, 7) is 0.860. The summed E-state index contributed by atoms with van der Waals surface area (Å²) in [5, 5.41) is 0.0491. The molecule has 0 saturated carbocycles. The van der Waals surface area contributed by atoms with Crippen LogP contribution in [0.25, 0.3) is 0 Å². The summed E-state index contributed by atoms with van der Waals surface area (Å²) >= 11 is 10.3. The van der Waals surface area contributed by atoms with Gasteiger partial charge in [0, 0.05) is 24.6 Å². The van der Waals surface area contributed by atoms with Crippen molar-refractivity contribution < 1.29 is 18.3 Å². The van der Waals surface area contributed by atoms with E-state index < -0.39 is 17.5 Å². The van der Waals surface area contributed by atoms with Gasteiger partial charge in [0.25, 0.3) is 5.91 Å². The molecule has 0 fully saturated rings. The maximum Gasteiger partial charge on any atom is 0.264 e. The highest BCUT2D eigenvalue weighted by Crippen LogP contribution is 2.30. The van der Waals surface area contributed by atoms with Crippen LogP contribution in [0.5, 0.6) is 5.75 Å². The fraction of sp³-hybridized carbons (Fsp3) is 0.211. The van der Waals surface area contributed by atoms with Crippen molar-refractivity contribution in [2.24, 2.45) is 0 Å². The van der Waals surface area contributed by atoms with E-state index in [1.165, 1.54) is 18.2 Å². The van der Waals surface area contributed by atoms with Crippen molar-refractivity contribution >= 4 is 51.1 Å². The highest BCUT2D eigenvalue weighted by Gasteiger charge is 2.23. The van der Waals surface area contributed by atoms with Crippen LogP contribution >= 0.6 is 39.5 Å². The lowest BCUT2D eigenvalue weighted by Crippen LogP contribution is -2.34. The Morgan fingerprint density at radius 1 is 1.36 bits per heavy atom. The fourth-order valence-electron chi connectivity index (χ4n) is 2.81. The molecule has 0 aromatic heterocycles. The summed E-state index contributed by atoms with van der Waals surface area (Å²) in [7, 11) is 0. The Labute approximate surface area is 179 Å². The first-order chi connectivity index (χ1) is 13.4. The SMILES string of the molecule is CSNC(=O)c1cc(Br)c(OCC2C=CCN2c2ccc(F)c(Cl)c2)cc1F. The topological polar surface area (TPSA) is 41.6 Å². The van der Waals surface area contributed by atoms with Crippen LogP contribution in [0, 0.1) is 11.6 Å². The highest BCUT2D eigenvalue weighted by atomic mass is 79.9. The molecule has 1 unspecified atom stereocenters. The normalized spacial score (nSPS) is 15.8. The number of anilines is 1. The summed E-state index contributed by atoms with van der Waals surface area (Å²) in [5.41, 5.74) is 0.691.